The van der Waals surface area contributed by atoms with Crippen LogP contribution in [0.25, 0.3) is 0 Å². The highest BCUT2D eigenvalue weighted by Crippen LogP contribution is 2.22. The third kappa shape index (κ3) is 9.40. The first-order valence-corrected chi connectivity index (χ1v) is 11.8. The summed E-state index contributed by atoms with van der Waals surface area (Å²) in [4.78, 5) is 42.1. The van der Waals surface area contributed by atoms with Crippen molar-refractivity contribution < 1.29 is 24.2 Å². The van der Waals surface area contributed by atoms with Crippen LogP contribution >= 0.6 is 0 Å². The maximum Gasteiger partial charge on any atom is 0.408 e. The van der Waals surface area contributed by atoms with Crippen molar-refractivity contribution in [1.82, 2.24) is 20.9 Å². The number of hydrogen-bond donors (Lipinski definition) is 4. The van der Waals surface area contributed by atoms with Crippen molar-refractivity contribution in [3.63, 3.8) is 0 Å². The van der Waals surface area contributed by atoms with E-state index in [1.54, 1.807) is 58.3 Å². The van der Waals surface area contributed by atoms with Crippen molar-refractivity contribution in [2.45, 2.75) is 72.1 Å². The second-order valence-corrected chi connectivity index (χ2v) is 9.67. The molecule has 194 valence electrons. The maximum atomic E-state index is 13.1. The van der Waals surface area contributed by atoms with Crippen LogP contribution in [0.5, 0.6) is 5.75 Å². The maximum absolute atomic E-state index is 13.1. The number of rotatable bonds is 9. The Morgan fingerprint density at radius 1 is 1.11 bits per heavy atom. The van der Waals surface area contributed by atoms with E-state index >= 15 is 0 Å². The molecule has 0 bridgehead atoms. The summed E-state index contributed by atoms with van der Waals surface area (Å²) in [6, 6.07) is 5.10. The van der Waals surface area contributed by atoms with Crippen LogP contribution in [0, 0.1) is 13.8 Å². The molecular weight excluding hydrogens is 460 g/mol. The van der Waals surface area contributed by atoms with Gasteiger partial charge in [-0.15, -0.1) is 0 Å². The zero-order valence-corrected chi connectivity index (χ0v) is 21.7. The van der Waals surface area contributed by atoms with E-state index in [-0.39, 0.29) is 12.2 Å². The largest absolute Gasteiger partial charge is 0.508 e. The molecule has 1 heterocycles. The van der Waals surface area contributed by atoms with Gasteiger partial charge in [-0.05, 0) is 88.4 Å². The minimum atomic E-state index is -1.00. The van der Waals surface area contributed by atoms with Crippen molar-refractivity contribution >= 4 is 17.9 Å². The highest BCUT2D eigenvalue weighted by Gasteiger charge is 2.28. The second kappa shape index (κ2) is 12.7. The number of phenolic OH excluding ortho intramolecular Hbond substituents is 1. The van der Waals surface area contributed by atoms with Gasteiger partial charge in [0, 0.05) is 25.0 Å². The fourth-order valence-corrected chi connectivity index (χ4v) is 3.52. The topological polar surface area (TPSA) is 130 Å². The average molecular weight is 497 g/mol. The Morgan fingerprint density at radius 2 is 1.78 bits per heavy atom. The molecule has 0 spiro atoms. The second-order valence-electron chi connectivity index (χ2n) is 9.67. The summed E-state index contributed by atoms with van der Waals surface area (Å²) in [5, 5.41) is 17.8. The van der Waals surface area contributed by atoms with Crippen molar-refractivity contribution in [3.8, 4) is 5.75 Å². The van der Waals surface area contributed by atoms with Gasteiger partial charge in [-0.3, -0.25) is 14.6 Å². The Hall–Kier alpha value is -3.88. The lowest BCUT2D eigenvalue weighted by Crippen LogP contribution is -2.53. The fraction of sp³-hybridized carbons (Fsp3) is 0.407. The van der Waals surface area contributed by atoms with Crippen LogP contribution in [0.2, 0.25) is 0 Å². The molecule has 2 aromatic rings. The summed E-state index contributed by atoms with van der Waals surface area (Å²) in [5.41, 5.74) is 2.62. The van der Waals surface area contributed by atoms with Gasteiger partial charge in [0.2, 0.25) is 11.8 Å². The number of benzene rings is 1. The van der Waals surface area contributed by atoms with Gasteiger partial charge in [0.1, 0.15) is 23.4 Å². The van der Waals surface area contributed by atoms with Crippen molar-refractivity contribution in [3.05, 3.63) is 71.2 Å². The number of aromatic nitrogens is 1. The molecule has 2 atom stereocenters. The number of aryl methyl sites for hydroxylation is 2. The van der Waals surface area contributed by atoms with Crippen molar-refractivity contribution in [2.75, 3.05) is 0 Å². The molecule has 0 aliphatic carbocycles. The number of pyridine rings is 1. The molecule has 3 amide bonds. The van der Waals surface area contributed by atoms with Crippen LogP contribution in [0.3, 0.4) is 0 Å². The van der Waals surface area contributed by atoms with E-state index in [9.17, 15) is 19.5 Å². The minimum Gasteiger partial charge on any atom is -0.508 e. The molecule has 0 aliphatic heterocycles. The van der Waals surface area contributed by atoms with Gasteiger partial charge in [-0.1, -0.05) is 12.1 Å². The lowest BCUT2D eigenvalue weighted by molar-refractivity contribution is -0.129. The van der Waals surface area contributed by atoms with Crippen LogP contribution in [-0.4, -0.2) is 45.7 Å². The SMILES string of the molecule is Cc1cc(O)cc(C)c1C[C@H](NC(=O)OC(C)(C)C)C(=O)N[C@H](C)C(=O)N/C=C/Cc1cccnc1. The predicted octanol–water partition coefficient (Wildman–Crippen LogP) is 3.22. The molecule has 0 fully saturated rings. The normalized spacial score (nSPS) is 13.1. The molecule has 0 radical (unpaired) electrons. The molecule has 9 nitrogen and oxygen atoms in total. The van der Waals surface area contributed by atoms with Crippen LogP contribution in [0.1, 0.15) is 49.9 Å². The van der Waals surface area contributed by atoms with E-state index in [0.717, 1.165) is 22.3 Å². The van der Waals surface area contributed by atoms with Gasteiger partial charge < -0.3 is 25.8 Å². The molecule has 0 unspecified atom stereocenters. The monoisotopic (exact) mass is 496 g/mol. The summed E-state index contributed by atoms with van der Waals surface area (Å²) in [7, 11) is 0. The van der Waals surface area contributed by atoms with E-state index < -0.39 is 35.6 Å². The van der Waals surface area contributed by atoms with E-state index in [0.29, 0.717) is 6.42 Å². The molecule has 4 N–H and O–H groups in total. The van der Waals surface area contributed by atoms with Gasteiger partial charge >= 0.3 is 6.09 Å². The first kappa shape index (κ1) is 28.4. The number of alkyl carbamates (subject to hydrolysis) is 1. The summed E-state index contributed by atoms with van der Waals surface area (Å²) in [6.07, 6.45) is 6.75. The molecule has 0 saturated carbocycles. The van der Waals surface area contributed by atoms with Gasteiger partial charge in [-0.2, -0.15) is 0 Å². The molecule has 2 rings (SSSR count). The van der Waals surface area contributed by atoms with Crippen molar-refractivity contribution in [2.24, 2.45) is 0 Å². The third-order valence-electron chi connectivity index (χ3n) is 5.27. The number of nitrogens with zero attached hydrogens (tertiary/aromatic N) is 1. The number of phenols is 1. The van der Waals surface area contributed by atoms with Gasteiger partial charge in [0.15, 0.2) is 0 Å². The number of carbonyl (C=O) groups is 3. The van der Waals surface area contributed by atoms with Crippen LogP contribution in [-0.2, 0) is 27.2 Å². The Labute approximate surface area is 212 Å². The number of nitrogens with one attached hydrogen (secondary N) is 3. The molecule has 0 aliphatic rings. The quantitative estimate of drug-likeness (QED) is 0.422. The first-order chi connectivity index (χ1) is 16.9. The Bertz CT molecular complexity index is 1070. The highest BCUT2D eigenvalue weighted by atomic mass is 16.6. The Kier molecular flexibility index (Phi) is 10.0. The van der Waals surface area contributed by atoms with E-state index in [2.05, 4.69) is 20.9 Å². The standard InChI is InChI=1S/C27H36N4O5/c1-17-13-21(32)14-18(2)22(17)15-23(31-26(35)36-27(4,5)6)25(34)30-19(3)24(33)29-12-8-10-20-9-7-11-28-16-20/h7-9,11-14,16,19,23,32H,10,15H2,1-6H3,(H,29,33)(H,30,34)(H,31,35)/b12-8+/t19-,23+/m1/s1. The number of carbonyl (C=O) groups excluding carboxylic acids is 3. The Morgan fingerprint density at radius 3 is 2.36 bits per heavy atom. The summed E-state index contributed by atoms with van der Waals surface area (Å²) >= 11 is 0. The first-order valence-electron chi connectivity index (χ1n) is 11.8. The van der Waals surface area contributed by atoms with Gasteiger partial charge in [-0.25, -0.2) is 4.79 Å². The predicted molar refractivity (Wildman–Crippen MR) is 137 cm³/mol. The van der Waals surface area contributed by atoms with Gasteiger partial charge in [0.05, 0.1) is 0 Å². The number of allylic oxidation sites excluding steroid dienone is 1. The molecule has 0 saturated heterocycles. The van der Waals surface area contributed by atoms with Gasteiger partial charge in [0.25, 0.3) is 0 Å². The number of ether oxygens (including phenoxy) is 1. The number of amides is 3. The molecule has 9 heteroatoms. The smallest absolute Gasteiger partial charge is 0.408 e. The number of hydrogen-bond acceptors (Lipinski definition) is 6. The van der Waals surface area contributed by atoms with Crippen molar-refractivity contribution in [1.29, 1.82) is 0 Å². The molecule has 36 heavy (non-hydrogen) atoms. The van der Waals surface area contributed by atoms with Crippen LogP contribution < -0.4 is 16.0 Å². The molecule has 1 aromatic heterocycles. The molecule has 1 aromatic carbocycles. The Balaban J connectivity index is 2.07. The zero-order valence-electron chi connectivity index (χ0n) is 21.7. The number of aromatic hydroxyl groups is 1. The summed E-state index contributed by atoms with van der Waals surface area (Å²) < 4.78 is 5.33. The zero-order chi connectivity index (χ0) is 26.9. The molecular formula is C27H36N4O5. The van der Waals surface area contributed by atoms with E-state index in [1.807, 2.05) is 26.0 Å². The minimum absolute atomic E-state index is 0.122. The summed E-state index contributed by atoms with van der Waals surface area (Å²) in [6.45, 7) is 10.4. The van der Waals surface area contributed by atoms with Crippen LogP contribution in [0.15, 0.2) is 48.9 Å². The average Bonchev–Trinajstić information content (AvgIpc) is 2.77. The van der Waals surface area contributed by atoms with Crippen LogP contribution in [0.4, 0.5) is 4.79 Å². The van der Waals surface area contributed by atoms with E-state index in [4.69, 9.17) is 4.74 Å². The highest BCUT2D eigenvalue weighted by molar-refractivity contribution is 5.91. The summed E-state index contributed by atoms with van der Waals surface area (Å²) in [5.74, 6) is -0.815. The third-order valence-corrected chi connectivity index (χ3v) is 5.27. The lowest BCUT2D eigenvalue weighted by atomic mass is 9.95. The van der Waals surface area contributed by atoms with E-state index in [1.165, 1.54) is 6.20 Å². The fourth-order valence-electron chi connectivity index (χ4n) is 3.52. The lowest BCUT2D eigenvalue weighted by Gasteiger charge is -2.25.